The molecule has 138 valence electrons. The van der Waals surface area contributed by atoms with E-state index >= 15 is 0 Å². The summed E-state index contributed by atoms with van der Waals surface area (Å²) in [5.41, 5.74) is 1.92. The fourth-order valence-electron chi connectivity index (χ4n) is 4.66. The van der Waals surface area contributed by atoms with Crippen molar-refractivity contribution < 1.29 is 23.5 Å². The number of benzene rings is 1. The zero-order valence-electron chi connectivity index (χ0n) is 14.5. The van der Waals surface area contributed by atoms with Gasteiger partial charge in [-0.25, -0.2) is 9.18 Å². The molecule has 1 unspecified atom stereocenters. The number of amides is 2. The van der Waals surface area contributed by atoms with Crippen LogP contribution in [-0.4, -0.2) is 49.9 Å². The third-order valence-corrected chi connectivity index (χ3v) is 5.81. The molecular formula is C18H20FN3O4. The number of carbonyl (C=O) groups is 2. The number of anilines is 2. The zero-order valence-corrected chi connectivity index (χ0v) is 14.5. The molecule has 0 aliphatic carbocycles. The van der Waals surface area contributed by atoms with Crippen LogP contribution in [0.2, 0.25) is 0 Å². The van der Waals surface area contributed by atoms with E-state index in [1.54, 1.807) is 0 Å². The molecule has 1 N–H and O–H groups in total. The molecule has 8 heteroatoms. The lowest BCUT2D eigenvalue weighted by Gasteiger charge is -2.35. The molecule has 4 aliphatic heterocycles. The number of rotatable bonds is 2. The Hall–Kier alpha value is -2.51. The van der Waals surface area contributed by atoms with Crippen LogP contribution >= 0.6 is 0 Å². The maximum atomic E-state index is 14.9. The smallest absolute Gasteiger partial charge is 0.415 e. The van der Waals surface area contributed by atoms with Crippen molar-refractivity contribution >= 4 is 23.4 Å². The summed E-state index contributed by atoms with van der Waals surface area (Å²) >= 11 is 0. The fraction of sp³-hybridized carbons (Fsp3) is 0.556. The minimum Gasteiger partial charge on any atom is -0.489 e. The topological polar surface area (TPSA) is 71.1 Å². The Balaban J connectivity index is 1.53. The molecule has 2 fully saturated rings. The summed E-state index contributed by atoms with van der Waals surface area (Å²) in [6.07, 6.45) is 1.62. The van der Waals surface area contributed by atoms with E-state index in [0.717, 1.165) is 24.9 Å². The van der Waals surface area contributed by atoms with E-state index in [-0.39, 0.29) is 30.4 Å². The molecule has 2 amide bonds. The molecule has 0 spiro atoms. The first-order valence-corrected chi connectivity index (χ1v) is 9.03. The Bertz CT molecular complexity index is 814. The zero-order chi connectivity index (χ0) is 18.0. The summed E-state index contributed by atoms with van der Waals surface area (Å²) in [5, 5.41) is 2.70. The predicted molar refractivity (Wildman–Crippen MR) is 91.2 cm³/mol. The first-order valence-electron chi connectivity index (χ1n) is 9.03. The van der Waals surface area contributed by atoms with Gasteiger partial charge in [-0.3, -0.25) is 9.69 Å². The first-order chi connectivity index (χ1) is 12.5. The Morgan fingerprint density at radius 1 is 1.46 bits per heavy atom. The van der Waals surface area contributed by atoms with Gasteiger partial charge in [-0.15, -0.1) is 0 Å². The SMILES string of the molecule is CC(=O)NC[C@@H]1OC(=O)N2c3cc(F)c4c(c3C[C@@H]12)OCC1CCCN41. The summed E-state index contributed by atoms with van der Waals surface area (Å²) < 4.78 is 26.3. The van der Waals surface area contributed by atoms with E-state index in [1.165, 1.54) is 17.9 Å². The normalized spacial score (nSPS) is 28.1. The van der Waals surface area contributed by atoms with Crippen molar-refractivity contribution in [3.63, 3.8) is 0 Å². The number of nitrogens with zero attached hydrogens (tertiary/aromatic N) is 2. The number of cyclic esters (lactones) is 1. The molecule has 1 aromatic rings. The molecule has 1 aromatic carbocycles. The molecule has 0 bridgehead atoms. The van der Waals surface area contributed by atoms with Gasteiger partial charge in [0, 0.05) is 31.5 Å². The molecule has 26 heavy (non-hydrogen) atoms. The lowest BCUT2D eigenvalue weighted by atomic mass is 10.0. The predicted octanol–water partition coefficient (Wildman–Crippen LogP) is 1.57. The summed E-state index contributed by atoms with van der Waals surface area (Å²) in [7, 11) is 0. The highest BCUT2D eigenvalue weighted by molar-refractivity contribution is 5.95. The summed E-state index contributed by atoms with van der Waals surface area (Å²) in [4.78, 5) is 27.2. The van der Waals surface area contributed by atoms with Crippen molar-refractivity contribution in [2.75, 3.05) is 29.5 Å². The highest BCUT2D eigenvalue weighted by atomic mass is 19.1. The van der Waals surface area contributed by atoms with Crippen molar-refractivity contribution in [3.05, 3.63) is 17.4 Å². The van der Waals surface area contributed by atoms with Gasteiger partial charge in [0.2, 0.25) is 5.91 Å². The van der Waals surface area contributed by atoms with Gasteiger partial charge < -0.3 is 19.7 Å². The first kappa shape index (κ1) is 15.7. The van der Waals surface area contributed by atoms with Crippen LogP contribution < -0.4 is 19.9 Å². The molecule has 0 radical (unpaired) electrons. The lowest BCUT2D eigenvalue weighted by molar-refractivity contribution is -0.119. The van der Waals surface area contributed by atoms with Gasteiger partial charge in [-0.05, 0) is 12.8 Å². The van der Waals surface area contributed by atoms with Gasteiger partial charge in [-0.2, -0.15) is 0 Å². The van der Waals surface area contributed by atoms with Gasteiger partial charge >= 0.3 is 6.09 Å². The van der Waals surface area contributed by atoms with Crippen LogP contribution in [0.1, 0.15) is 25.3 Å². The van der Waals surface area contributed by atoms with E-state index in [2.05, 4.69) is 10.2 Å². The fourth-order valence-corrected chi connectivity index (χ4v) is 4.66. The molecule has 2 saturated heterocycles. The number of hydrogen-bond acceptors (Lipinski definition) is 5. The Kier molecular flexibility index (Phi) is 3.32. The quantitative estimate of drug-likeness (QED) is 0.866. The molecule has 3 atom stereocenters. The van der Waals surface area contributed by atoms with Crippen LogP contribution in [0.4, 0.5) is 20.6 Å². The van der Waals surface area contributed by atoms with Crippen LogP contribution in [0, 0.1) is 5.82 Å². The second-order valence-corrected chi connectivity index (χ2v) is 7.34. The molecule has 4 aliphatic rings. The molecular weight excluding hydrogens is 341 g/mol. The minimum absolute atomic E-state index is 0.179. The van der Waals surface area contributed by atoms with E-state index in [1.807, 2.05) is 0 Å². The highest BCUT2D eigenvalue weighted by Crippen LogP contribution is 2.50. The monoisotopic (exact) mass is 361 g/mol. The van der Waals surface area contributed by atoms with Gasteiger partial charge in [-0.1, -0.05) is 0 Å². The Labute approximate surface area is 150 Å². The average Bonchev–Trinajstić information content (AvgIpc) is 3.28. The summed E-state index contributed by atoms with van der Waals surface area (Å²) in [5.74, 6) is 0.0320. The summed E-state index contributed by atoms with van der Waals surface area (Å²) in [6, 6.07) is 1.41. The van der Waals surface area contributed by atoms with Gasteiger partial charge in [0.1, 0.15) is 18.4 Å². The highest BCUT2D eigenvalue weighted by Gasteiger charge is 2.50. The van der Waals surface area contributed by atoms with Crippen LogP contribution in [0.3, 0.4) is 0 Å². The lowest BCUT2D eigenvalue weighted by Crippen LogP contribution is -2.40. The van der Waals surface area contributed by atoms with Crippen molar-refractivity contribution in [2.24, 2.45) is 0 Å². The second kappa shape index (κ2) is 5.49. The molecule has 5 rings (SSSR count). The van der Waals surface area contributed by atoms with Crippen LogP contribution in [0.5, 0.6) is 5.75 Å². The molecule has 0 saturated carbocycles. The Morgan fingerprint density at radius 2 is 2.31 bits per heavy atom. The number of carbonyl (C=O) groups excluding carboxylic acids is 2. The van der Waals surface area contributed by atoms with Crippen molar-refractivity contribution in [2.45, 2.75) is 44.4 Å². The molecule has 4 heterocycles. The van der Waals surface area contributed by atoms with E-state index in [0.29, 0.717) is 30.2 Å². The number of fused-ring (bicyclic) bond motifs is 7. The Morgan fingerprint density at radius 3 is 3.12 bits per heavy atom. The number of ether oxygens (including phenoxy) is 2. The largest absolute Gasteiger partial charge is 0.489 e. The van der Waals surface area contributed by atoms with Gasteiger partial charge in [0.25, 0.3) is 0 Å². The maximum Gasteiger partial charge on any atom is 0.415 e. The average molecular weight is 361 g/mol. The van der Waals surface area contributed by atoms with E-state index in [4.69, 9.17) is 9.47 Å². The van der Waals surface area contributed by atoms with Gasteiger partial charge in [0.15, 0.2) is 11.6 Å². The summed E-state index contributed by atoms with van der Waals surface area (Å²) in [6.45, 7) is 3.05. The third-order valence-electron chi connectivity index (χ3n) is 5.81. The standard InChI is InChI=1S/C18H20FN3O4/c1-9(23)20-7-15-14-5-11-13(22(14)18(24)26-15)6-12(19)16-17(11)25-8-10-3-2-4-21(10)16/h6,10,14-15H,2-5,7-8H2,1H3,(H,20,23)/t10?,14-,15-/m0/s1. The van der Waals surface area contributed by atoms with Crippen molar-refractivity contribution in [3.8, 4) is 5.75 Å². The van der Waals surface area contributed by atoms with Crippen LogP contribution in [-0.2, 0) is 16.0 Å². The van der Waals surface area contributed by atoms with Gasteiger partial charge in [0.05, 0.1) is 24.3 Å². The second-order valence-electron chi connectivity index (χ2n) is 7.34. The van der Waals surface area contributed by atoms with E-state index < -0.39 is 12.2 Å². The van der Waals surface area contributed by atoms with E-state index in [9.17, 15) is 14.0 Å². The maximum absolute atomic E-state index is 14.9. The third kappa shape index (κ3) is 2.10. The van der Waals surface area contributed by atoms with Crippen LogP contribution in [0.25, 0.3) is 0 Å². The number of halogens is 1. The van der Waals surface area contributed by atoms with Crippen molar-refractivity contribution in [1.29, 1.82) is 0 Å². The number of hydrogen-bond donors (Lipinski definition) is 1. The molecule has 7 nitrogen and oxygen atoms in total. The minimum atomic E-state index is -0.502. The molecule has 0 aromatic heterocycles. The number of nitrogens with one attached hydrogen (secondary N) is 1. The van der Waals surface area contributed by atoms with Crippen LogP contribution in [0.15, 0.2) is 6.07 Å². The van der Waals surface area contributed by atoms with Crippen molar-refractivity contribution in [1.82, 2.24) is 5.32 Å².